The summed E-state index contributed by atoms with van der Waals surface area (Å²) in [5, 5.41) is 6.83. The largest absolute Gasteiger partial charge is 0.497 e. The maximum absolute atomic E-state index is 12.2. The smallest absolute Gasteiger partial charge is 0.344 e. The van der Waals surface area contributed by atoms with E-state index in [1.54, 1.807) is 37.4 Å². The molecule has 2 N–H and O–H groups in total. The molecule has 0 spiro atoms. The number of esters is 1. The Morgan fingerprint density at radius 1 is 1.08 bits per heavy atom. The highest BCUT2D eigenvalue weighted by atomic mass is 16.5. The number of benzene rings is 2. The topological polar surface area (TPSA) is 92.9 Å². The van der Waals surface area contributed by atoms with Gasteiger partial charge >= 0.3 is 5.97 Å². The van der Waals surface area contributed by atoms with E-state index in [1.807, 2.05) is 24.3 Å². The fourth-order valence-corrected chi connectivity index (χ4v) is 2.44. The van der Waals surface area contributed by atoms with Crippen LogP contribution in [0.2, 0.25) is 0 Å². The summed E-state index contributed by atoms with van der Waals surface area (Å²) in [7, 11) is 1.57. The molecule has 0 bridgehead atoms. The van der Waals surface area contributed by atoms with Crippen molar-refractivity contribution >= 4 is 17.0 Å². The zero-order valence-electron chi connectivity index (χ0n) is 13.3. The second-order valence-corrected chi connectivity index (χ2v) is 5.34. The van der Waals surface area contributed by atoms with E-state index in [1.165, 1.54) is 0 Å². The maximum atomic E-state index is 12.2. The van der Waals surface area contributed by atoms with E-state index in [2.05, 4.69) is 20.2 Å². The van der Waals surface area contributed by atoms with E-state index in [9.17, 15) is 4.79 Å². The number of imidazole rings is 1. The SMILES string of the molecule is COc1ccc(C(=O)Oc2cc(-c3nc4ccccc4[nH]3)[nH]n2)cc1. The molecule has 0 saturated carbocycles. The van der Waals surface area contributed by atoms with Crippen molar-refractivity contribution in [1.29, 1.82) is 0 Å². The van der Waals surface area contributed by atoms with Crippen molar-refractivity contribution in [3.05, 3.63) is 60.2 Å². The van der Waals surface area contributed by atoms with Crippen molar-refractivity contribution in [3.63, 3.8) is 0 Å². The molecular weight excluding hydrogens is 320 g/mol. The third-order valence-electron chi connectivity index (χ3n) is 3.72. The van der Waals surface area contributed by atoms with Crippen molar-refractivity contribution in [2.24, 2.45) is 0 Å². The number of nitrogens with zero attached hydrogens (tertiary/aromatic N) is 2. The molecule has 25 heavy (non-hydrogen) atoms. The van der Waals surface area contributed by atoms with Crippen LogP contribution in [0.4, 0.5) is 0 Å². The molecule has 0 aliphatic carbocycles. The molecule has 0 aliphatic rings. The van der Waals surface area contributed by atoms with Crippen LogP contribution in [-0.2, 0) is 0 Å². The lowest BCUT2D eigenvalue weighted by atomic mass is 10.2. The predicted octanol–water partition coefficient (Wildman–Crippen LogP) is 3.18. The molecule has 0 amide bonds. The number of ether oxygens (including phenoxy) is 2. The van der Waals surface area contributed by atoms with Crippen LogP contribution in [0.3, 0.4) is 0 Å². The number of fused-ring (bicyclic) bond motifs is 1. The quantitative estimate of drug-likeness (QED) is 0.559. The Hall–Kier alpha value is -3.61. The number of carbonyl (C=O) groups is 1. The van der Waals surface area contributed by atoms with E-state index in [0.29, 0.717) is 22.8 Å². The fourth-order valence-electron chi connectivity index (χ4n) is 2.44. The summed E-state index contributed by atoms with van der Waals surface area (Å²) >= 11 is 0. The zero-order chi connectivity index (χ0) is 17.2. The highest BCUT2D eigenvalue weighted by molar-refractivity contribution is 5.91. The summed E-state index contributed by atoms with van der Waals surface area (Å²) in [6.07, 6.45) is 0. The van der Waals surface area contributed by atoms with E-state index >= 15 is 0 Å². The number of hydrogen-bond acceptors (Lipinski definition) is 5. The first-order valence-corrected chi connectivity index (χ1v) is 7.60. The van der Waals surface area contributed by atoms with Crippen LogP contribution in [0, 0.1) is 0 Å². The Morgan fingerprint density at radius 2 is 1.88 bits per heavy atom. The molecule has 7 heteroatoms. The summed E-state index contributed by atoms with van der Waals surface area (Å²) in [5.74, 6) is 0.977. The van der Waals surface area contributed by atoms with Gasteiger partial charge in [0, 0.05) is 6.07 Å². The Balaban J connectivity index is 1.53. The number of nitrogens with one attached hydrogen (secondary N) is 2. The molecule has 2 aromatic heterocycles. The van der Waals surface area contributed by atoms with Crippen LogP contribution in [-0.4, -0.2) is 33.2 Å². The van der Waals surface area contributed by atoms with Crippen LogP contribution in [0.25, 0.3) is 22.6 Å². The van der Waals surface area contributed by atoms with Gasteiger partial charge in [0.25, 0.3) is 0 Å². The van der Waals surface area contributed by atoms with Gasteiger partial charge in [0.05, 0.1) is 23.7 Å². The molecule has 2 aromatic carbocycles. The molecule has 0 fully saturated rings. The number of methoxy groups -OCH3 is 1. The van der Waals surface area contributed by atoms with E-state index in [0.717, 1.165) is 11.0 Å². The van der Waals surface area contributed by atoms with E-state index in [-0.39, 0.29) is 5.88 Å². The summed E-state index contributed by atoms with van der Waals surface area (Å²) in [5.41, 5.74) is 2.82. The molecule has 0 radical (unpaired) electrons. The Bertz CT molecular complexity index is 1000. The van der Waals surface area contributed by atoms with Gasteiger partial charge in [0.2, 0.25) is 5.88 Å². The monoisotopic (exact) mass is 334 g/mol. The van der Waals surface area contributed by atoms with Crippen LogP contribution in [0.1, 0.15) is 10.4 Å². The molecule has 2 heterocycles. The van der Waals surface area contributed by atoms with Gasteiger partial charge in [-0.1, -0.05) is 12.1 Å². The summed E-state index contributed by atoms with van der Waals surface area (Å²) in [4.78, 5) is 19.8. The molecule has 124 valence electrons. The number of rotatable bonds is 4. The first-order valence-electron chi connectivity index (χ1n) is 7.60. The average molecular weight is 334 g/mol. The lowest BCUT2D eigenvalue weighted by Crippen LogP contribution is -2.08. The van der Waals surface area contributed by atoms with Crippen LogP contribution in [0.5, 0.6) is 11.6 Å². The minimum atomic E-state index is -0.495. The third kappa shape index (κ3) is 2.94. The lowest BCUT2D eigenvalue weighted by Gasteiger charge is -2.02. The average Bonchev–Trinajstić information content (AvgIpc) is 3.28. The molecule has 0 saturated heterocycles. The van der Waals surface area contributed by atoms with Gasteiger partial charge in [-0.05, 0) is 36.4 Å². The lowest BCUT2D eigenvalue weighted by molar-refractivity contribution is 0.0727. The third-order valence-corrected chi connectivity index (χ3v) is 3.72. The summed E-state index contributed by atoms with van der Waals surface area (Å²) in [6.45, 7) is 0. The number of hydrogen-bond donors (Lipinski definition) is 2. The summed E-state index contributed by atoms with van der Waals surface area (Å²) in [6, 6.07) is 16.0. The fraction of sp³-hybridized carbons (Fsp3) is 0.0556. The normalized spacial score (nSPS) is 10.8. The van der Waals surface area contributed by atoms with Crippen LogP contribution in [0.15, 0.2) is 54.6 Å². The Morgan fingerprint density at radius 3 is 2.64 bits per heavy atom. The molecule has 0 unspecified atom stereocenters. The van der Waals surface area contributed by atoms with E-state index < -0.39 is 5.97 Å². The van der Waals surface area contributed by atoms with Crippen molar-refractivity contribution in [3.8, 4) is 23.1 Å². The van der Waals surface area contributed by atoms with Gasteiger partial charge in [-0.25, -0.2) is 9.78 Å². The van der Waals surface area contributed by atoms with E-state index in [4.69, 9.17) is 9.47 Å². The minimum Gasteiger partial charge on any atom is -0.497 e. The molecular formula is C18H14N4O3. The standard InChI is InChI=1S/C18H14N4O3/c1-24-12-8-6-11(7-9-12)18(23)25-16-10-15(21-22-16)17-19-13-4-2-3-5-14(13)20-17/h2-10H,1H3,(H,19,20)(H,21,22). The number of H-pyrrole nitrogens is 2. The van der Waals surface area contributed by atoms with Gasteiger partial charge in [0.15, 0.2) is 5.82 Å². The number of carbonyl (C=O) groups excluding carboxylic acids is 1. The van der Waals surface area contributed by atoms with Gasteiger partial charge in [-0.3, -0.25) is 5.10 Å². The summed E-state index contributed by atoms with van der Waals surface area (Å²) < 4.78 is 10.4. The first-order chi connectivity index (χ1) is 12.2. The molecule has 0 atom stereocenters. The highest BCUT2D eigenvalue weighted by Gasteiger charge is 2.13. The Kier molecular flexibility index (Phi) is 3.66. The number of para-hydroxylation sites is 2. The highest BCUT2D eigenvalue weighted by Crippen LogP contribution is 2.22. The number of aromatic amines is 2. The second-order valence-electron chi connectivity index (χ2n) is 5.34. The van der Waals surface area contributed by atoms with Gasteiger partial charge < -0.3 is 14.5 Å². The van der Waals surface area contributed by atoms with Gasteiger partial charge in [-0.15, -0.1) is 5.10 Å². The van der Waals surface area contributed by atoms with Crippen LogP contribution >= 0.6 is 0 Å². The molecule has 7 nitrogen and oxygen atoms in total. The van der Waals surface area contributed by atoms with Crippen molar-refractivity contribution in [2.75, 3.05) is 7.11 Å². The van der Waals surface area contributed by atoms with Gasteiger partial charge in [-0.2, -0.15) is 0 Å². The van der Waals surface area contributed by atoms with Crippen LogP contribution < -0.4 is 9.47 Å². The predicted molar refractivity (Wildman–Crippen MR) is 91.6 cm³/mol. The van der Waals surface area contributed by atoms with Crippen molar-refractivity contribution in [1.82, 2.24) is 20.2 Å². The minimum absolute atomic E-state index is 0.177. The molecule has 0 aliphatic heterocycles. The van der Waals surface area contributed by atoms with Gasteiger partial charge in [0.1, 0.15) is 11.4 Å². The Labute approximate surface area is 142 Å². The second kappa shape index (κ2) is 6.12. The van der Waals surface area contributed by atoms with Crippen molar-refractivity contribution < 1.29 is 14.3 Å². The van der Waals surface area contributed by atoms with Crippen molar-refractivity contribution in [2.45, 2.75) is 0 Å². The molecule has 4 rings (SSSR count). The first kappa shape index (κ1) is 14.9. The maximum Gasteiger partial charge on any atom is 0.344 e. The number of aromatic nitrogens is 4. The zero-order valence-corrected chi connectivity index (χ0v) is 13.3. The molecule has 4 aromatic rings.